The van der Waals surface area contributed by atoms with Crippen LogP contribution in [0.3, 0.4) is 0 Å². The van der Waals surface area contributed by atoms with Gasteiger partial charge in [-0.05, 0) is 44.0 Å². The summed E-state index contributed by atoms with van der Waals surface area (Å²) < 4.78 is 0. The van der Waals surface area contributed by atoms with E-state index in [9.17, 15) is 9.59 Å². The first-order chi connectivity index (χ1) is 12.4. The first-order valence-corrected chi connectivity index (χ1v) is 9.06. The Labute approximate surface area is 156 Å². The largest absolute Gasteiger partial charge is 0.336 e. The van der Waals surface area contributed by atoms with Gasteiger partial charge in [0.05, 0.1) is 0 Å². The van der Waals surface area contributed by atoms with Crippen LogP contribution in [0.5, 0.6) is 0 Å². The Balaban J connectivity index is 2.06. The third kappa shape index (κ3) is 5.45. The average molecular weight is 352 g/mol. The van der Waals surface area contributed by atoms with Crippen LogP contribution in [0.2, 0.25) is 0 Å². The molecule has 0 N–H and O–H groups in total. The van der Waals surface area contributed by atoms with E-state index in [1.807, 2.05) is 80.3 Å². The second-order valence-corrected chi connectivity index (χ2v) is 6.86. The molecule has 0 bridgehead atoms. The molecule has 4 heteroatoms. The molecule has 0 radical (unpaired) electrons. The number of hydrogen-bond donors (Lipinski definition) is 0. The standard InChI is InChI=1S/C22H28N2O2/c1-17(2)24(16-20-10-6-5-7-11-20)22(26)13-14-23(19(4)25)21-12-8-9-18(3)15-21/h5-12,15,17H,13-14,16H2,1-4H3. The highest BCUT2D eigenvalue weighted by Gasteiger charge is 2.20. The Morgan fingerprint density at radius 2 is 1.69 bits per heavy atom. The van der Waals surface area contributed by atoms with E-state index in [-0.39, 0.29) is 17.9 Å². The van der Waals surface area contributed by atoms with Crippen LogP contribution in [0.15, 0.2) is 54.6 Å². The predicted octanol–water partition coefficient (Wildman–Crippen LogP) is 4.18. The summed E-state index contributed by atoms with van der Waals surface area (Å²) in [6.07, 6.45) is 0.304. The van der Waals surface area contributed by atoms with Gasteiger partial charge >= 0.3 is 0 Å². The summed E-state index contributed by atoms with van der Waals surface area (Å²) in [5.41, 5.74) is 3.04. The second kappa shape index (κ2) is 9.18. The number of anilines is 1. The van der Waals surface area contributed by atoms with E-state index < -0.39 is 0 Å². The molecule has 2 aromatic rings. The van der Waals surface area contributed by atoms with Crippen molar-refractivity contribution < 1.29 is 9.59 Å². The van der Waals surface area contributed by atoms with Crippen LogP contribution in [0, 0.1) is 6.92 Å². The normalized spacial score (nSPS) is 10.7. The van der Waals surface area contributed by atoms with Crippen molar-refractivity contribution in [3.63, 3.8) is 0 Å². The highest BCUT2D eigenvalue weighted by Crippen LogP contribution is 2.17. The summed E-state index contributed by atoms with van der Waals surface area (Å²) in [6, 6.07) is 17.9. The van der Waals surface area contributed by atoms with Crippen LogP contribution in [-0.2, 0) is 16.1 Å². The maximum absolute atomic E-state index is 12.8. The SMILES string of the molecule is CC(=O)N(CCC(=O)N(Cc1ccccc1)C(C)C)c1cccc(C)c1. The van der Waals surface area contributed by atoms with Gasteiger partial charge in [0, 0.05) is 38.2 Å². The monoisotopic (exact) mass is 352 g/mol. The summed E-state index contributed by atoms with van der Waals surface area (Å²) in [4.78, 5) is 28.4. The zero-order valence-electron chi connectivity index (χ0n) is 16.1. The lowest BCUT2D eigenvalue weighted by atomic mass is 10.1. The molecule has 2 aromatic carbocycles. The Morgan fingerprint density at radius 1 is 1.00 bits per heavy atom. The van der Waals surface area contributed by atoms with Crippen molar-refractivity contribution in [3.05, 3.63) is 65.7 Å². The number of rotatable bonds is 7. The molecule has 0 aliphatic heterocycles. The fourth-order valence-corrected chi connectivity index (χ4v) is 2.95. The fourth-order valence-electron chi connectivity index (χ4n) is 2.95. The predicted molar refractivity (Wildman–Crippen MR) is 106 cm³/mol. The van der Waals surface area contributed by atoms with Crippen LogP contribution in [0.25, 0.3) is 0 Å². The highest BCUT2D eigenvalue weighted by atomic mass is 16.2. The van der Waals surface area contributed by atoms with E-state index in [0.29, 0.717) is 19.5 Å². The van der Waals surface area contributed by atoms with Crippen molar-refractivity contribution in [1.82, 2.24) is 4.90 Å². The van der Waals surface area contributed by atoms with E-state index in [2.05, 4.69) is 0 Å². The van der Waals surface area contributed by atoms with Gasteiger partial charge in [0.15, 0.2) is 0 Å². The van der Waals surface area contributed by atoms with Crippen molar-refractivity contribution in [2.45, 2.75) is 46.7 Å². The lowest BCUT2D eigenvalue weighted by molar-refractivity contribution is -0.133. The number of carbonyl (C=O) groups excluding carboxylic acids is 2. The maximum atomic E-state index is 12.8. The van der Waals surface area contributed by atoms with Gasteiger partial charge in [0.25, 0.3) is 0 Å². The minimum atomic E-state index is -0.0532. The van der Waals surface area contributed by atoms with Crippen LogP contribution < -0.4 is 4.90 Å². The van der Waals surface area contributed by atoms with Gasteiger partial charge in [-0.1, -0.05) is 42.5 Å². The Morgan fingerprint density at radius 3 is 2.27 bits per heavy atom. The maximum Gasteiger partial charge on any atom is 0.224 e. The van der Waals surface area contributed by atoms with E-state index in [1.54, 1.807) is 4.90 Å². The summed E-state index contributed by atoms with van der Waals surface area (Å²) in [7, 11) is 0. The topological polar surface area (TPSA) is 40.6 Å². The van der Waals surface area contributed by atoms with E-state index in [0.717, 1.165) is 16.8 Å². The highest BCUT2D eigenvalue weighted by molar-refractivity contribution is 5.92. The van der Waals surface area contributed by atoms with Crippen LogP contribution in [0.4, 0.5) is 5.69 Å². The fraction of sp³-hybridized carbons (Fsp3) is 0.364. The van der Waals surface area contributed by atoms with Crippen molar-refractivity contribution in [1.29, 1.82) is 0 Å². The molecule has 2 amide bonds. The molecule has 0 heterocycles. The van der Waals surface area contributed by atoms with Crippen molar-refractivity contribution in [2.24, 2.45) is 0 Å². The number of hydrogen-bond acceptors (Lipinski definition) is 2. The number of benzene rings is 2. The molecule has 0 saturated heterocycles. The molecular weight excluding hydrogens is 324 g/mol. The molecule has 0 saturated carbocycles. The molecule has 0 spiro atoms. The van der Waals surface area contributed by atoms with Crippen molar-refractivity contribution in [3.8, 4) is 0 Å². The smallest absolute Gasteiger partial charge is 0.224 e. The van der Waals surface area contributed by atoms with Crippen molar-refractivity contribution >= 4 is 17.5 Å². The first-order valence-electron chi connectivity index (χ1n) is 9.06. The zero-order chi connectivity index (χ0) is 19.1. The molecule has 0 aromatic heterocycles. The lowest BCUT2D eigenvalue weighted by Gasteiger charge is -2.28. The molecule has 2 rings (SSSR count). The minimum absolute atomic E-state index is 0.0532. The van der Waals surface area contributed by atoms with Gasteiger partial charge in [0.1, 0.15) is 0 Å². The minimum Gasteiger partial charge on any atom is -0.336 e. The Bertz CT molecular complexity index is 741. The molecule has 0 atom stereocenters. The second-order valence-electron chi connectivity index (χ2n) is 6.86. The van der Waals surface area contributed by atoms with E-state index in [4.69, 9.17) is 0 Å². The summed E-state index contributed by atoms with van der Waals surface area (Å²) in [6.45, 7) is 8.54. The van der Waals surface area contributed by atoms with Gasteiger partial charge in [-0.25, -0.2) is 0 Å². The Kier molecular flexibility index (Phi) is 6.96. The van der Waals surface area contributed by atoms with E-state index in [1.165, 1.54) is 6.92 Å². The summed E-state index contributed by atoms with van der Waals surface area (Å²) >= 11 is 0. The van der Waals surface area contributed by atoms with Gasteiger partial charge in [-0.15, -0.1) is 0 Å². The first kappa shape index (κ1) is 19.7. The molecular formula is C22H28N2O2. The van der Waals surface area contributed by atoms with Gasteiger partial charge in [0.2, 0.25) is 11.8 Å². The number of amides is 2. The number of aryl methyl sites for hydroxylation is 1. The quantitative estimate of drug-likeness (QED) is 0.750. The van der Waals surface area contributed by atoms with Gasteiger partial charge < -0.3 is 9.80 Å². The molecule has 26 heavy (non-hydrogen) atoms. The van der Waals surface area contributed by atoms with Crippen LogP contribution >= 0.6 is 0 Å². The third-order valence-corrected chi connectivity index (χ3v) is 4.38. The van der Waals surface area contributed by atoms with E-state index >= 15 is 0 Å². The van der Waals surface area contributed by atoms with Crippen molar-refractivity contribution in [2.75, 3.05) is 11.4 Å². The molecule has 138 valence electrons. The van der Waals surface area contributed by atoms with Gasteiger partial charge in [-0.2, -0.15) is 0 Å². The molecule has 0 unspecified atom stereocenters. The Hall–Kier alpha value is -2.62. The summed E-state index contributed by atoms with van der Waals surface area (Å²) in [5.74, 6) is 0.00492. The average Bonchev–Trinajstić information content (AvgIpc) is 2.60. The molecule has 0 aliphatic rings. The zero-order valence-corrected chi connectivity index (χ0v) is 16.1. The third-order valence-electron chi connectivity index (χ3n) is 4.38. The number of carbonyl (C=O) groups is 2. The number of nitrogens with zero attached hydrogens (tertiary/aromatic N) is 2. The molecule has 0 fully saturated rings. The van der Waals surface area contributed by atoms with Crippen LogP contribution in [-0.4, -0.2) is 29.3 Å². The van der Waals surface area contributed by atoms with Gasteiger partial charge in [-0.3, -0.25) is 9.59 Å². The summed E-state index contributed by atoms with van der Waals surface area (Å²) in [5, 5.41) is 0. The molecule has 4 nitrogen and oxygen atoms in total. The molecule has 0 aliphatic carbocycles. The lowest BCUT2D eigenvalue weighted by Crippen LogP contribution is -2.39. The van der Waals surface area contributed by atoms with Crippen LogP contribution in [0.1, 0.15) is 38.3 Å².